The zero-order valence-electron chi connectivity index (χ0n) is 9.13. The number of anilines is 1. The van der Waals surface area contributed by atoms with E-state index in [0.717, 1.165) is 17.7 Å². The van der Waals surface area contributed by atoms with E-state index in [9.17, 15) is 4.79 Å². The van der Waals surface area contributed by atoms with Gasteiger partial charge in [0.05, 0.1) is 0 Å². The van der Waals surface area contributed by atoms with Crippen LogP contribution in [0.15, 0.2) is 48.7 Å². The molecule has 0 amide bonds. The SMILES string of the molecule is Cc1ccc(C=O)cn1.Nc1ccccc1. The Kier molecular flexibility index (Phi) is 4.73. The van der Waals surface area contributed by atoms with Gasteiger partial charge in [0.15, 0.2) is 6.29 Å². The molecule has 2 rings (SSSR count). The first-order valence-electron chi connectivity index (χ1n) is 4.90. The molecule has 0 spiro atoms. The van der Waals surface area contributed by atoms with Gasteiger partial charge in [0.1, 0.15) is 0 Å². The Morgan fingerprint density at radius 2 is 1.81 bits per heavy atom. The first-order chi connectivity index (χ1) is 7.72. The van der Waals surface area contributed by atoms with Crippen LogP contribution in [0.2, 0.25) is 0 Å². The molecule has 0 atom stereocenters. The molecule has 0 radical (unpaired) electrons. The summed E-state index contributed by atoms with van der Waals surface area (Å²) in [5, 5.41) is 0. The van der Waals surface area contributed by atoms with Crippen molar-refractivity contribution in [3.8, 4) is 0 Å². The predicted molar refractivity (Wildman–Crippen MR) is 65.2 cm³/mol. The fourth-order valence-electron chi connectivity index (χ4n) is 1.00. The van der Waals surface area contributed by atoms with E-state index in [1.165, 1.54) is 0 Å². The minimum absolute atomic E-state index is 0.626. The lowest BCUT2D eigenvalue weighted by Gasteiger charge is -1.88. The minimum Gasteiger partial charge on any atom is -0.399 e. The third-order valence-corrected chi connectivity index (χ3v) is 1.87. The number of benzene rings is 1. The van der Waals surface area contributed by atoms with Crippen LogP contribution in [0.25, 0.3) is 0 Å². The molecule has 16 heavy (non-hydrogen) atoms. The summed E-state index contributed by atoms with van der Waals surface area (Å²) >= 11 is 0. The van der Waals surface area contributed by atoms with E-state index in [2.05, 4.69) is 4.98 Å². The molecule has 1 aromatic heterocycles. The molecule has 0 unspecified atom stereocenters. The Morgan fingerprint density at radius 1 is 1.12 bits per heavy atom. The summed E-state index contributed by atoms with van der Waals surface area (Å²) in [5.41, 5.74) is 7.74. The average molecular weight is 214 g/mol. The van der Waals surface area contributed by atoms with Crippen LogP contribution in [0.4, 0.5) is 5.69 Å². The number of aldehydes is 1. The molecule has 0 saturated carbocycles. The van der Waals surface area contributed by atoms with Crippen molar-refractivity contribution in [2.45, 2.75) is 6.92 Å². The number of hydrogen-bond donors (Lipinski definition) is 1. The highest BCUT2D eigenvalue weighted by Gasteiger charge is 1.86. The van der Waals surface area contributed by atoms with Gasteiger partial charge in [-0.3, -0.25) is 9.78 Å². The Hall–Kier alpha value is -2.16. The molecule has 3 nitrogen and oxygen atoms in total. The first kappa shape index (κ1) is 11.9. The number of pyridine rings is 1. The molecule has 0 saturated heterocycles. The van der Waals surface area contributed by atoms with Crippen LogP contribution in [0.5, 0.6) is 0 Å². The van der Waals surface area contributed by atoms with Crippen molar-refractivity contribution in [1.29, 1.82) is 0 Å². The second kappa shape index (κ2) is 6.35. The van der Waals surface area contributed by atoms with Crippen LogP contribution < -0.4 is 5.73 Å². The Morgan fingerprint density at radius 3 is 2.19 bits per heavy atom. The van der Waals surface area contributed by atoms with Gasteiger partial charge in [-0.05, 0) is 31.2 Å². The van der Waals surface area contributed by atoms with Crippen molar-refractivity contribution in [1.82, 2.24) is 4.98 Å². The molecule has 0 fully saturated rings. The zero-order chi connectivity index (χ0) is 11.8. The highest BCUT2D eigenvalue weighted by molar-refractivity contribution is 5.73. The number of rotatable bonds is 1. The maximum absolute atomic E-state index is 10.1. The molecule has 1 heterocycles. The van der Waals surface area contributed by atoms with E-state index in [1.807, 2.05) is 43.3 Å². The van der Waals surface area contributed by atoms with Gasteiger partial charge < -0.3 is 5.73 Å². The first-order valence-corrected chi connectivity index (χ1v) is 4.90. The van der Waals surface area contributed by atoms with Crippen molar-refractivity contribution in [3.05, 3.63) is 59.9 Å². The number of nitrogens with zero attached hydrogens (tertiary/aromatic N) is 1. The number of para-hydroxylation sites is 1. The van der Waals surface area contributed by atoms with E-state index >= 15 is 0 Å². The zero-order valence-corrected chi connectivity index (χ0v) is 9.13. The maximum Gasteiger partial charge on any atom is 0.151 e. The molecule has 0 aliphatic heterocycles. The fraction of sp³-hybridized carbons (Fsp3) is 0.0769. The van der Waals surface area contributed by atoms with Gasteiger partial charge in [-0.15, -0.1) is 0 Å². The maximum atomic E-state index is 10.1. The van der Waals surface area contributed by atoms with Gasteiger partial charge in [0, 0.05) is 23.1 Å². The van der Waals surface area contributed by atoms with Crippen LogP contribution in [0.3, 0.4) is 0 Å². The number of hydrogen-bond acceptors (Lipinski definition) is 3. The third kappa shape index (κ3) is 4.37. The Balaban J connectivity index is 0.000000165. The second-order valence-electron chi connectivity index (χ2n) is 3.26. The predicted octanol–water partition coefficient (Wildman–Crippen LogP) is 2.47. The number of nitrogens with two attached hydrogens (primary N) is 1. The lowest BCUT2D eigenvalue weighted by molar-refractivity contribution is 0.112. The average Bonchev–Trinajstić information content (AvgIpc) is 2.32. The molecule has 0 aliphatic carbocycles. The van der Waals surface area contributed by atoms with Crippen LogP contribution in [0.1, 0.15) is 16.1 Å². The van der Waals surface area contributed by atoms with Gasteiger partial charge in [-0.1, -0.05) is 18.2 Å². The number of aromatic nitrogens is 1. The monoisotopic (exact) mass is 214 g/mol. The highest BCUT2D eigenvalue weighted by atomic mass is 16.1. The molecule has 1 aromatic carbocycles. The molecule has 82 valence electrons. The van der Waals surface area contributed by atoms with Crippen LogP contribution in [0, 0.1) is 6.92 Å². The standard InChI is InChI=1S/C7H7NO.C6H7N/c1-6-2-3-7(5-9)4-8-6;7-6-4-2-1-3-5-6/h2-5H,1H3;1-5H,7H2. The van der Waals surface area contributed by atoms with Crippen molar-refractivity contribution >= 4 is 12.0 Å². The topological polar surface area (TPSA) is 56.0 Å². The van der Waals surface area contributed by atoms with Crippen molar-refractivity contribution in [3.63, 3.8) is 0 Å². The summed E-state index contributed by atoms with van der Waals surface area (Å²) < 4.78 is 0. The van der Waals surface area contributed by atoms with E-state index < -0.39 is 0 Å². The summed E-state index contributed by atoms with van der Waals surface area (Å²) in [5.74, 6) is 0. The van der Waals surface area contributed by atoms with Crippen LogP contribution in [-0.4, -0.2) is 11.3 Å². The third-order valence-electron chi connectivity index (χ3n) is 1.87. The van der Waals surface area contributed by atoms with E-state index in [0.29, 0.717) is 5.56 Å². The second-order valence-corrected chi connectivity index (χ2v) is 3.26. The van der Waals surface area contributed by atoms with E-state index in [-0.39, 0.29) is 0 Å². The van der Waals surface area contributed by atoms with Crippen molar-refractivity contribution in [2.24, 2.45) is 0 Å². The lowest BCUT2D eigenvalue weighted by Crippen LogP contribution is -1.82. The van der Waals surface area contributed by atoms with E-state index in [4.69, 9.17) is 5.73 Å². The summed E-state index contributed by atoms with van der Waals surface area (Å²) in [6.07, 6.45) is 2.34. The van der Waals surface area contributed by atoms with Gasteiger partial charge in [0.25, 0.3) is 0 Å². The number of nitrogen functional groups attached to an aromatic ring is 1. The van der Waals surface area contributed by atoms with Crippen LogP contribution >= 0.6 is 0 Å². The summed E-state index contributed by atoms with van der Waals surface area (Å²) in [6, 6.07) is 13.0. The Labute approximate surface area is 94.9 Å². The number of carbonyl (C=O) groups excluding carboxylic acids is 1. The fourth-order valence-corrected chi connectivity index (χ4v) is 1.00. The summed E-state index contributed by atoms with van der Waals surface area (Å²) in [4.78, 5) is 14.0. The van der Waals surface area contributed by atoms with Gasteiger partial charge in [-0.2, -0.15) is 0 Å². The molecule has 2 N–H and O–H groups in total. The Bertz CT molecular complexity index is 423. The van der Waals surface area contributed by atoms with Gasteiger partial charge >= 0.3 is 0 Å². The molecule has 2 aromatic rings. The normalized spacial score (nSPS) is 8.81. The molecular formula is C13H14N2O. The van der Waals surface area contributed by atoms with E-state index in [1.54, 1.807) is 12.3 Å². The molecular weight excluding hydrogens is 200 g/mol. The summed E-state index contributed by atoms with van der Waals surface area (Å²) in [6.45, 7) is 1.88. The molecule has 0 bridgehead atoms. The lowest BCUT2D eigenvalue weighted by atomic mass is 10.3. The van der Waals surface area contributed by atoms with Crippen molar-refractivity contribution < 1.29 is 4.79 Å². The number of aryl methyl sites for hydroxylation is 1. The quantitative estimate of drug-likeness (QED) is 0.586. The minimum atomic E-state index is 0.626. The molecule has 0 aliphatic rings. The summed E-state index contributed by atoms with van der Waals surface area (Å²) in [7, 11) is 0. The van der Waals surface area contributed by atoms with Gasteiger partial charge in [-0.25, -0.2) is 0 Å². The highest BCUT2D eigenvalue weighted by Crippen LogP contribution is 1.96. The number of carbonyl (C=O) groups is 1. The smallest absolute Gasteiger partial charge is 0.151 e. The molecule has 3 heteroatoms. The van der Waals surface area contributed by atoms with Crippen LogP contribution in [-0.2, 0) is 0 Å². The van der Waals surface area contributed by atoms with Crippen molar-refractivity contribution in [2.75, 3.05) is 5.73 Å². The largest absolute Gasteiger partial charge is 0.399 e. The van der Waals surface area contributed by atoms with Gasteiger partial charge in [0.2, 0.25) is 0 Å².